The predicted molar refractivity (Wildman–Crippen MR) is 156 cm³/mol. The maximum atomic E-state index is 13.8. The molecule has 0 amide bonds. The van der Waals surface area contributed by atoms with Crippen LogP contribution in [0.4, 0.5) is 5.69 Å². The molecule has 0 aliphatic carbocycles. The van der Waals surface area contributed by atoms with Crippen LogP contribution in [0.5, 0.6) is 0 Å². The van der Waals surface area contributed by atoms with Gasteiger partial charge in [0.15, 0.2) is 0 Å². The molecule has 0 fully saturated rings. The number of hydrogen-bond donors (Lipinski definition) is 0. The second kappa shape index (κ2) is 12.0. The molecule has 4 rings (SSSR count). The molecule has 3 aromatic carbocycles. The number of ether oxygens (including phenoxy) is 1. The minimum atomic E-state index is -3.92. The van der Waals surface area contributed by atoms with Crippen LogP contribution in [0.15, 0.2) is 85.0 Å². The van der Waals surface area contributed by atoms with Gasteiger partial charge >= 0.3 is 5.97 Å². The summed E-state index contributed by atoms with van der Waals surface area (Å²) < 4.78 is 42.0. The van der Waals surface area contributed by atoms with Gasteiger partial charge < -0.3 is 14.1 Å². The van der Waals surface area contributed by atoms with Crippen molar-refractivity contribution in [2.45, 2.75) is 24.8 Å². The minimum absolute atomic E-state index is 0.120. The normalized spacial score (nSPS) is 11.7. The molecule has 4 aromatic rings. The molecule has 1 heterocycles. The van der Waals surface area contributed by atoms with Crippen LogP contribution >= 0.6 is 31.9 Å². The molecule has 0 radical (unpaired) electrons. The van der Waals surface area contributed by atoms with E-state index in [0.717, 1.165) is 21.1 Å². The van der Waals surface area contributed by atoms with Crippen LogP contribution < -0.4 is 4.31 Å². The maximum absolute atomic E-state index is 13.8. The molecule has 0 bridgehead atoms. The number of halogens is 2. The lowest BCUT2D eigenvalue weighted by Gasteiger charge is -2.25. The van der Waals surface area contributed by atoms with E-state index >= 15 is 0 Å². The van der Waals surface area contributed by atoms with E-state index in [2.05, 4.69) is 31.9 Å². The SMILES string of the molecule is Cc1c(C(=O)OCCCN(C)C)oc2ccc(N(Cc3ccc(Br)cc3)S(=O)(=O)c3ccc(Br)cc3)cc12. The van der Waals surface area contributed by atoms with Gasteiger partial charge in [0.25, 0.3) is 10.0 Å². The largest absolute Gasteiger partial charge is 0.460 e. The number of benzene rings is 3. The monoisotopic (exact) mass is 662 g/mol. The van der Waals surface area contributed by atoms with Crippen molar-refractivity contribution < 1.29 is 22.4 Å². The number of sulfonamides is 1. The molecular weight excluding hydrogens is 636 g/mol. The van der Waals surface area contributed by atoms with Crippen molar-refractivity contribution in [2.24, 2.45) is 0 Å². The van der Waals surface area contributed by atoms with Gasteiger partial charge in [-0.25, -0.2) is 13.2 Å². The Labute approximate surface area is 239 Å². The van der Waals surface area contributed by atoms with E-state index in [0.29, 0.717) is 28.6 Å². The van der Waals surface area contributed by atoms with E-state index in [4.69, 9.17) is 9.15 Å². The van der Waals surface area contributed by atoms with Crippen molar-refractivity contribution >= 4 is 64.5 Å². The number of aryl methyl sites for hydroxylation is 1. The summed E-state index contributed by atoms with van der Waals surface area (Å²) in [7, 11) is -0.00148. The van der Waals surface area contributed by atoms with E-state index < -0.39 is 16.0 Å². The number of carbonyl (C=O) groups excluding carboxylic acids is 1. The van der Waals surface area contributed by atoms with Crippen LogP contribution in [0.25, 0.3) is 11.0 Å². The first kappa shape index (κ1) is 28.4. The van der Waals surface area contributed by atoms with Crippen LogP contribution in [-0.4, -0.2) is 46.5 Å². The molecule has 0 atom stereocenters. The highest BCUT2D eigenvalue weighted by Crippen LogP contribution is 2.33. The first-order valence-electron chi connectivity index (χ1n) is 11.9. The number of carbonyl (C=O) groups is 1. The predicted octanol–water partition coefficient (Wildman–Crippen LogP) is 6.77. The second-order valence-corrected chi connectivity index (χ2v) is 12.8. The van der Waals surface area contributed by atoms with E-state index in [-0.39, 0.29) is 23.8 Å². The van der Waals surface area contributed by atoms with Gasteiger partial charge in [-0.15, -0.1) is 0 Å². The minimum Gasteiger partial charge on any atom is -0.460 e. The van der Waals surface area contributed by atoms with Gasteiger partial charge in [-0.2, -0.15) is 0 Å². The number of esters is 1. The van der Waals surface area contributed by atoms with Gasteiger partial charge in [-0.1, -0.05) is 44.0 Å². The lowest BCUT2D eigenvalue weighted by molar-refractivity contribution is 0.0458. The van der Waals surface area contributed by atoms with Crippen molar-refractivity contribution in [1.29, 1.82) is 0 Å². The van der Waals surface area contributed by atoms with Crippen molar-refractivity contribution in [1.82, 2.24) is 4.90 Å². The highest BCUT2D eigenvalue weighted by atomic mass is 79.9. The fourth-order valence-electron chi connectivity index (χ4n) is 3.97. The zero-order chi connectivity index (χ0) is 27.4. The third-order valence-electron chi connectivity index (χ3n) is 6.02. The molecule has 7 nitrogen and oxygen atoms in total. The fourth-order valence-corrected chi connectivity index (χ4v) is 5.95. The second-order valence-electron chi connectivity index (χ2n) is 9.12. The van der Waals surface area contributed by atoms with E-state index in [9.17, 15) is 13.2 Å². The molecule has 0 unspecified atom stereocenters. The summed E-state index contributed by atoms with van der Waals surface area (Å²) in [6.07, 6.45) is 0.709. The molecule has 10 heteroatoms. The van der Waals surface area contributed by atoms with Crippen molar-refractivity contribution in [2.75, 3.05) is 31.6 Å². The summed E-state index contributed by atoms with van der Waals surface area (Å²) in [6.45, 7) is 2.98. The molecular formula is C28H28Br2N2O5S. The Balaban J connectivity index is 1.71. The topological polar surface area (TPSA) is 80.1 Å². The molecule has 0 saturated heterocycles. The number of fused-ring (bicyclic) bond motifs is 1. The summed E-state index contributed by atoms with van der Waals surface area (Å²) in [4.78, 5) is 14.9. The Morgan fingerprint density at radius 3 is 2.21 bits per heavy atom. The van der Waals surface area contributed by atoms with Gasteiger partial charge in [0.1, 0.15) is 5.58 Å². The first-order chi connectivity index (χ1) is 18.1. The Bertz CT molecular complexity index is 1530. The van der Waals surface area contributed by atoms with Gasteiger partial charge in [-0.05, 0) is 87.6 Å². The average Bonchev–Trinajstić information content (AvgIpc) is 3.22. The van der Waals surface area contributed by atoms with E-state index in [1.807, 2.05) is 43.3 Å². The molecule has 0 saturated carbocycles. The lowest BCUT2D eigenvalue weighted by Crippen LogP contribution is -2.30. The summed E-state index contributed by atoms with van der Waals surface area (Å²) in [5.41, 5.74) is 2.36. The Kier molecular flexibility index (Phi) is 8.97. The molecule has 1 aromatic heterocycles. The molecule has 38 heavy (non-hydrogen) atoms. The zero-order valence-electron chi connectivity index (χ0n) is 21.3. The number of furan rings is 1. The highest BCUT2D eigenvalue weighted by molar-refractivity contribution is 9.10. The highest BCUT2D eigenvalue weighted by Gasteiger charge is 2.27. The molecule has 200 valence electrons. The van der Waals surface area contributed by atoms with Crippen LogP contribution in [0.2, 0.25) is 0 Å². The smallest absolute Gasteiger partial charge is 0.374 e. The summed E-state index contributed by atoms with van der Waals surface area (Å²) in [6, 6.07) is 19.2. The number of nitrogens with zero attached hydrogens (tertiary/aromatic N) is 2. The van der Waals surface area contributed by atoms with E-state index in [1.54, 1.807) is 49.4 Å². The standard InChI is InChI=1S/C28H28Br2N2O5S/c1-19-25-17-23(11-14-26(25)37-27(19)28(33)36-16-4-15-31(2)3)32(18-20-5-7-21(29)8-6-20)38(34,35)24-12-9-22(30)10-13-24/h5-14,17H,4,15-16,18H2,1-3H3. The number of anilines is 1. The van der Waals surface area contributed by atoms with Crippen LogP contribution in [-0.2, 0) is 21.3 Å². The van der Waals surface area contributed by atoms with Crippen LogP contribution in [0.1, 0.15) is 28.1 Å². The van der Waals surface area contributed by atoms with Gasteiger partial charge in [0.2, 0.25) is 5.76 Å². The van der Waals surface area contributed by atoms with Gasteiger partial charge in [0.05, 0.1) is 23.7 Å². The summed E-state index contributed by atoms with van der Waals surface area (Å²) >= 11 is 6.79. The third-order valence-corrected chi connectivity index (χ3v) is 8.86. The van der Waals surface area contributed by atoms with Crippen LogP contribution in [0, 0.1) is 6.92 Å². The first-order valence-corrected chi connectivity index (χ1v) is 15.0. The molecule has 0 aliphatic heterocycles. The molecule has 0 spiro atoms. The quantitative estimate of drug-likeness (QED) is 0.138. The third kappa shape index (κ3) is 6.48. The van der Waals surface area contributed by atoms with Gasteiger partial charge in [0, 0.05) is 26.4 Å². The average molecular weight is 664 g/mol. The number of hydrogen-bond acceptors (Lipinski definition) is 6. The molecule has 0 N–H and O–H groups in total. The fraction of sp³-hybridized carbons (Fsp3) is 0.250. The summed E-state index contributed by atoms with van der Waals surface area (Å²) in [5.74, 6) is -0.412. The molecule has 0 aliphatic rings. The summed E-state index contributed by atoms with van der Waals surface area (Å²) in [5, 5.41) is 0.648. The Morgan fingerprint density at radius 2 is 1.58 bits per heavy atom. The van der Waals surface area contributed by atoms with E-state index in [1.165, 1.54) is 4.31 Å². The van der Waals surface area contributed by atoms with Crippen LogP contribution in [0.3, 0.4) is 0 Å². The van der Waals surface area contributed by atoms with Crippen molar-refractivity contribution in [3.05, 3.63) is 92.6 Å². The Morgan fingerprint density at radius 1 is 0.947 bits per heavy atom. The lowest BCUT2D eigenvalue weighted by atomic mass is 10.1. The maximum Gasteiger partial charge on any atom is 0.374 e. The van der Waals surface area contributed by atoms with Crippen molar-refractivity contribution in [3.8, 4) is 0 Å². The Hall–Kier alpha value is -2.66. The number of rotatable bonds is 10. The van der Waals surface area contributed by atoms with Gasteiger partial charge in [-0.3, -0.25) is 4.31 Å². The van der Waals surface area contributed by atoms with Crippen molar-refractivity contribution in [3.63, 3.8) is 0 Å². The zero-order valence-corrected chi connectivity index (χ0v) is 25.3.